The summed E-state index contributed by atoms with van der Waals surface area (Å²) in [6.45, 7) is 2.31. The molecule has 3 aromatic rings. The molecule has 0 aliphatic rings. The zero-order valence-corrected chi connectivity index (χ0v) is 18.4. The highest BCUT2D eigenvalue weighted by atomic mass is 28.3. The number of benzene rings is 3. The Bertz CT molecular complexity index is 701. The van der Waals surface area contributed by atoms with E-state index in [4.69, 9.17) is 0 Å². The van der Waals surface area contributed by atoms with Crippen LogP contribution in [0.3, 0.4) is 0 Å². The summed E-state index contributed by atoms with van der Waals surface area (Å²) in [6, 6.07) is 34.1. The first-order valence-electron chi connectivity index (χ1n) is 10.0. The summed E-state index contributed by atoms with van der Waals surface area (Å²) in [7, 11) is -1.51. The normalized spacial score (nSPS) is 12.7. The van der Waals surface area contributed by atoms with E-state index in [1.807, 2.05) is 0 Å². The van der Waals surface area contributed by atoms with Crippen LogP contribution in [0.4, 0.5) is 0 Å². The average Bonchev–Trinajstić information content (AvgIpc) is 2.71. The molecule has 0 aliphatic heterocycles. The lowest BCUT2D eigenvalue weighted by molar-refractivity contribution is 0.685. The summed E-state index contributed by atoms with van der Waals surface area (Å²) < 4.78 is 0. The standard InChI is InChI=1S/C24H30Si2/c1-2-3-7-20-24(25-21-14-8-4-9-15-21)26(22-16-10-5-11-17-22)23-18-12-6-13-19-23/h4-6,8-19,24,26H,2-3,7,20,25H2,1H3/t24-/m1/s1. The van der Waals surface area contributed by atoms with Crippen LogP contribution in [0.1, 0.15) is 32.6 Å². The first-order valence-corrected chi connectivity index (χ1v) is 13.4. The van der Waals surface area contributed by atoms with Gasteiger partial charge in [0.2, 0.25) is 0 Å². The Labute approximate surface area is 162 Å². The van der Waals surface area contributed by atoms with Crippen LogP contribution in [0.5, 0.6) is 0 Å². The molecule has 0 spiro atoms. The third kappa shape index (κ3) is 5.29. The fraction of sp³-hybridized carbons (Fsp3) is 0.250. The number of unbranched alkanes of at least 4 members (excludes halogenated alkanes) is 2. The molecule has 0 heterocycles. The van der Waals surface area contributed by atoms with Gasteiger partial charge in [-0.25, -0.2) is 0 Å². The quantitative estimate of drug-likeness (QED) is 0.398. The molecule has 0 fully saturated rings. The van der Waals surface area contributed by atoms with Crippen molar-refractivity contribution < 1.29 is 0 Å². The molecule has 0 saturated carbocycles. The predicted octanol–water partition coefficient (Wildman–Crippen LogP) is 3.43. The van der Waals surface area contributed by atoms with Crippen molar-refractivity contribution in [2.75, 3.05) is 0 Å². The molecular formula is C24H30Si2. The van der Waals surface area contributed by atoms with Crippen LogP contribution in [0.25, 0.3) is 0 Å². The highest BCUT2D eigenvalue weighted by Gasteiger charge is 2.26. The Hall–Kier alpha value is -1.91. The first-order chi connectivity index (χ1) is 12.9. The van der Waals surface area contributed by atoms with E-state index in [0.29, 0.717) is 0 Å². The molecule has 0 amide bonds. The van der Waals surface area contributed by atoms with E-state index >= 15 is 0 Å². The van der Waals surface area contributed by atoms with Gasteiger partial charge in [-0.1, -0.05) is 139 Å². The topological polar surface area (TPSA) is 0 Å². The van der Waals surface area contributed by atoms with Gasteiger partial charge in [0, 0.05) is 0 Å². The summed E-state index contributed by atoms with van der Waals surface area (Å²) in [6.07, 6.45) is 5.45. The van der Waals surface area contributed by atoms with E-state index < -0.39 is 8.80 Å². The van der Waals surface area contributed by atoms with Crippen LogP contribution in [0.2, 0.25) is 5.16 Å². The molecule has 3 aromatic carbocycles. The third-order valence-electron chi connectivity index (χ3n) is 5.31. The average molecular weight is 375 g/mol. The highest BCUT2D eigenvalue weighted by molar-refractivity contribution is 6.93. The SMILES string of the molecule is CCCCC[C@H]([SiH2]c1ccccc1)[SiH](c1ccccc1)c1ccccc1. The lowest BCUT2D eigenvalue weighted by Crippen LogP contribution is -2.49. The van der Waals surface area contributed by atoms with Crippen molar-refractivity contribution in [1.29, 1.82) is 0 Å². The van der Waals surface area contributed by atoms with Crippen LogP contribution in [-0.2, 0) is 0 Å². The van der Waals surface area contributed by atoms with Gasteiger partial charge >= 0.3 is 0 Å². The minimum Gasteiger partial charge on any atom is -0.0669 e. The van der Waals surface area contributed by atoms with Crippen LogP contribution in [0.15, 0.2) is 91.0 Å². The van der Waals surface area contributed by atoms with Gasteiger partial charge < -0.3 is 0 Å². The Morgan fingerprint density at radius 1 is 0.692 bits per heavy atom. The molecule has 0 saturated heterocycles. The highest BCUT2D eigenvalue weighted by Crippen LogP contribution is 2.19. The van der Waals surface area contributed by atoms with Crippen molar-refractivity contribution in [2.45, 2.75) is 37.8 Å². The lowest BCUT2D eigenvalue weighted by atomic mass is 10.2. The minimum atomic E-state index is -1.22. The summed E-state index contributed by atoms with van der Waals surface area (Å²) >= 11 is 0. The van der Waals surface area contributed by atoms with Gasteiger partial charge in [-0.3, -0.25) is 0 Å². The molecular weight excluding hydrogens is 344 g/mol. The Balaban J connectivity index is 1.94. The molecule has 1 atom stereocenters. The zero-order chi connectivity index (χ0) is 18.0. The van der Waals surface area contributed by atoms with E-state index in [1.165, 1.54) is 25.7 Å². The molecule has 0 aromatic heterocycles. The first kappa shape index (κ1) is 18.9. The summed E-state index contributed by atoms with van der Waals surface area (Å²) in [5.41, 5.74) is 0. The molecule has 0 N–H and O–H groups in total. The molecule has 0 radical (unpaired) electrons. The Kier molecular flexibility index (Phi) is 7.47. The van der Waals surface area contributed by atoms with E-state index in [-0.39, 0.29) is 9.52 Å². The maximum atomic E-state index is 2.39. The minimum absolute atomic E-state index is 0.299. The maximum absolute atomic E-state index is 2.39. The molecule has 0 aliphatic carbocycles. The van der Waals surface area contributed by atoms with E-state index in [9.17, 15) is 0 Å². The number of hydrogen-bond acceptors (Lipinski definition) is 0. The van der Waals surface area contributed by atoms with Crippen molar-refractivity contribution in [3.05, 3.63) is 91.0 Å². The fourth-order valence-electron chi connectivity index (χ4n) is 4.02. The Morgan fingerprint density at radius 3 is 1.69 bits per heavy atom. The monoisotopic (exact) mass is 374 g/mol. The van der Waals surface area contributed by atoms with Gasteiger partial charge in [-0.15, -0.1) is 0 Å². The van der Waals surface area contributed by atoms with Crippen LogP contribution in [0, 0.1) is 0 Å². The summed E-state index contributed by atoms with van der Waals surface area (Å²) in [4.78, 5) is 0. The second kappa shape index (κ2) is 10.3. The maximum Gasteiger partial charge on any atom is 0.103 e. The predicted molar refractivity (Wildman–Crippen MR) is 122 cm³/mol. The van der Waals surface area contributed by atoms with Crippen molar-refractivity contribution in [1.82, 2.24) is 0 Å². The molecule has 3 rings (SSSR count). The Morgan fingerprint density at radius 2 is 1.19 bits per heavy atom. The van der Waals surface area contributed by atoms with Crippen molar-refractivity contribution in [2.24, 2.45) is 0 Å². The van der Waals surface area contributed by atoms with E-state index in [2.05, 4.69) is 97.9 Å². The van der Waals surface area contributed by atoms with E-state index in [0.717, 1.165) is 5.16 Å². The zero-order valence-electron chi connectivity index (χ0n) is 15.9. The van der Waals surface area contributed by atoms with Gasteiger partial charge in [-0.2, -0.15) is 0 Å². The lowest BCUT2D eigenvalue weighted by Gasteiger charge is -2.27. The van der Waals surface area contributed by atoms with Crippen LogP contribution in [-0.4, -0.2) is 18.3 Å². The van der Waals surface area contributed by atoms with Gasteiger partial charge in [0.25, 0.3) is 0 Å². The van der Waals surface area contributed by atoms with Gasteiger partial charge in [-0.05, 0) is 5.16 Å². The van der Waals surface area contributed by atoms with Crippen molar-refractivity contribution in [3.8, 4) is 0 Å². The smallest absolute Gasteiger partial charge is 0.0669 e. The largest absolute Gasteiger partial charge is 0.103 e. The molecule has 26 heavy (non-hydrogen) atoms. The van der Waals surface area contributed by atoms with Gasteiger partial charge in [0.05, 0.1) is 9.52 Å². The summed E-state index contributed by atoms with van der Waals surface area (Å²) in [5.74, 6) is 0. The fourth-order valence-corrected chi connectivity index (χ4v) is 12.4. The second-order valence-electron chi connectivity index (χ2n) is 7.24. The van der Waals surface area contributed by atoms with Crippen molar-refractivity contribution in [3.63, 3.8) is 0 Å². The van der Waals surface area contributed by atoms with Crippen LogP contribution < -0.4 is 15.6 Å². The number of rotatable bonds is 9. The van der Waals surface area contributed by atoms with Crippen LogP contribution >= 0.6 is 0 Å². The molecule has 0 bridgehead atoms. The van der Waals surface area contributed by atoms with Gasteiger partial charge in [0.15, 0.2) is 0 Å². The second-order valence-corrected chi connectivity index (χ2v) is 13.7. The molecule has 134 valence electrons. The summed E-state index contributed by atoms with van der Waals surface area (Å²) in [5, 5.41) is 5.75. The molecule has 0 nitrogen and oxygen atoms in total. The van der Waals surface area contributed by atoms with E-state index in [1.54, 1.807) is 15.6 Å². The number of hydrogen-bond donors (Lipinski definition) is 0. The molecule has 0 unspecified atom stereocenters. The third-order valence-corrected chi connectivity index (χ3v) is 12.8. The van der Waals surface area contributed by atoms with Gasteiger partial charge in [0.1, 0.15) is 8.80 Å². The molecule has 2 heteroatoms. The van der Waals surface area contributed by atoms with Crippen molar-refractivity contribution >= 4 is 33.9 Å².